The summed E-state index contributed by atoms with van der Waals surface area (Å²) in [4.78, 5) is 4.56. The largest absolute Gasteiger partial charge is 0.374 e. The Morgan fingerprint density at radius 3 is 2.46 bits per heavy atom. The molecule has 0 bridgehead atoms. The first kappa shape index (κ1) is 14.9. The Morgan fingerprint density at radius 2 is 1.75 bits per heavy atom. The Balaban J connectivity index is 1.97. The van der Waals surface area contributed by atoms with E-state index >= 15 is 0 Å². The Labute approximate surface area is 149 Å². The van der Waals surface area contributed by atoms with E-state index in [1.807, 2.05) is 66.7 Å². The van der Waals surface area contributed by atoms with Crippen LogP contribution in [0.3, 0.4) is 0 Å². The predicted octanol–water partition coefficient (Wildman–Crippen LogP) is 4.82. The van der Waals surface area contributed by atoms with Crippen molar-refractivity contribution in [1.82, 2.24) is 4.98 Å². The predicted molar refractivity (Wildman–Crippen MR) is 97.6 cm³/mol. The van der Waals surface area contributed by atoms with E-state index in [-0.39, 0.29) is 6.04 Å². The molecule has 2 aromatic carbocycles. The maximum atomic E-state index is 10.3. The summed E-state index contributed by atoms with van der Waals surface area (Å²) in [6, 6.07) is 24.2. The highest BCUT2D eigenvalue weighted by Crippen LogP contribution is 2.51. The molecule has 0 radical (unpaired) electrons. The fourth-order valence-corrected chi connectivity index (χ4v) is 3.68. The van der Waals surface area contributed by atoms with Crippen LogP contribution in [0, 0.1) is 11.3 Å². The summed E-state index contributed by atoms with van der Waals surface area (Å²) < 4.78 is 1.02. The van der Waals surface area contributed by atoms with Gasteiger partial charge in [0.15, 0.2) is 5.41 Å². The minimum atomic E-state index is -0.855. The average molecular weight is 376 g/mol. The van der Waals surface area contributed by atoms with Crippen LogP contribution in [-0.4, -0.2) is 4.98 Å². The molecule has 24 heavy (non-hydrogen) atoms. The van der Waals surface area contributed by atoms with Gasteiger partial charge in [0.1, 0.15) is 0 Å². The number of pyridine rings is 1. The van der Waals surface area contributed by atoms with Crippen molar-refractivity contribution < 1.29 is 0 Å². The topological polar surface area (TPSA) is 48.7 Å². The van der Waals surface area contributed by atoms with E-state index in [1.165, 1.54) is 0 Å². The molecule has 0 unspecified atom stereocenters. The van der Waals surface area contributed by atoms with E-state index in [0.29, 0.717) is 0 Å². The van der Waals surface area contributed by atoms with Crippen molar-refractivity contribution in [3.05, 3.63) is 94.2 Å². The number of nitriles is 1. The summed E-state index contributed by atoms with van der Waals surface area (Å²) in [5, 5.41) is 13.8. The van der Waals surface area contributed by atoms with E-state index in [4.69, 9.17) is 0 Å². The highest BCUT2D eigenvalue weighted by molar-refractivity contribution is 9.10. The number of rotatable bonds is 2. The minimum absolute atomic E-state index is 0.192. The summed E-state index contributed by atoms with van der Waals surface area (Å²) in [6.07, 6.45) is 1.75. The van der Waals surface area contributed by atoms with E-state index in [2.05, 4.69) is 32.3 Å². The lowest BCUT2D eigenvalue weighted by Gasteiger charge is -2.29. The minimum Gasteiger partial charge on any atom is -0.374 e. The molecule has 0 fully saturated rings. The highest BCUT2D eigenvalue weighted by Gasteiger charge is 2.51. The number of fused-ring (bicyclic) bond motifs is 1. The number of hydrogen-bond donors (Lipinski definition) is 1. The second-order valence-corrected chi connectivity index (χ2v) is 6.73. The van der Waals surface area contributed by atoms with Gasteiger partial charge < -0.3 is 5.32 Å². The molecule has 0 saturated carbocycles. The zero-order valence-corrected chi connectivity index (χ0v) is 14.4. The van der Waals surface area contributed by atoms with Crippen LogP contribution in [0.15, 0.2) is 77.4 Å². The van der Waals surface area contributed by atoms with Crippen LogP contribution in [0.5, 0.6) is 0 Å². The van der Waals surface area contributed by atoms with Crippen LogP contribution in [0.4, 0.5) is 5.69 Å². The van der Waals surface area contributed by atoms with E-state index in [1.54, 1.807) is 6.20 Å². The molecule has 2 atom stereocenters. The molecule has 0 saturated heterocycles. The normalized spacial score (nSPS) is 21.6. The second kappa shape index (κ2) is 5.77. The van der Waals surface area contributed by atoms with Crippen LogP contribution >= 0.6 is 15.9 Å². The lowest BCUT2D eigenvalue weighted by atomic mass is 9.72. The summed E-state index contributed by atoms with van der Waals surface area (Å²) in [7, 11) is 0. The summed E-state index contributed by atoms with van der Waals surface area (Å²) in [6.45, 7) is 0. The monoisotopic (exact) mass is 375 g/mol. The van der Waals surface area contributed by atoms with Crippen molar-refractivity contribution in [3.63, 3.8) is 0 Å². The third kappa shape index (κ3) is 2.13. The summed E-state index contributed by atoms with van der Waals surface area (Å²) in [5.74, 6) is 0. The van der Waals surface area contributed by atoms with Crippen LogP contribution in [-0.2, 0) is 5.41 Å². The fraction of sp³-hybridized carbons (Fsp3) is 0.100. The summed E-state index contributed by atoms with van der Waals surface area (Å²) in [5.41, 5.74) is 2.85. The molecular formula is C20H14BrN3. The average Bonchev–Trinajstić information content (AvgIpc) is 2.98. The zero-order valence-electron chi connectivity index (χ0n) is 12.8. The molecule has 3 aromatic rings. The standard InChI is InChI=1S/C20H14BrN3/c21-16-10-8-14(9-11-16)18-20(13-22,15-5-2-1-3-6-15)19-17(24-18)7-4-12-23-19/h1-12,18,24H/t18-,20-/m0/s1. The third-order valence-corrected chi connectivity index (χ3v) is 5.05. The number of anilines is 1. The number of benzene rings is 2. The molecule has 0 aliphatic carbocycles. The SMILES string of the molecule is N#C[C@@]1(c2ccccc2)c2ncccc2N[C@H]1c1ccc(Br)cc1. The van der Waals surface area contributed by atoms with Gasteiger partial charge in [-0.3, -0.25) is 4.98 Å². The van der Waals surface area contributed by atoms with E-state index < -0.39 is 5.41 Å². The van der Waals surface area contributed by atoms with Crippen LogP contribution in [0.25, 0.3) is 0 Å². The molecule has 3 nitrogen and oxygen atoms in total. The first-order valence-corrected chi connectivity index (χ1v) is 8.49. The third-order valence-electron chi connectivity index (χ3n) is 4.52. The van der Waals surface area contributed by atoms with Crippen LogP contribution < -0.4 is 5.32 Å². The smallest absolute Gasteiger partial charge is 0.150 e. The number of nitrogens with zero attached hydrogens (tertiary/aromatic N) is 2. The van der Waals surface area contributed by atoms with Crippen LogP contribution in [0.1, 0.15) is 22.9 Å². The Kier molecular flexibility index (Phi) is 3.59. The lowest BCUT2D eigenvalue weighted by molar-refractivity contribution is 0.574. The molecule has 1 N–H and O–H groups in total. The molecule has 0 amide bonds. The molecule has 1 aliphatic rings. The van der Waals surface area contributed by atoms with Crippen molar-refractivity contribution >= 4 is 21.6 Å². The molecule has 0 spiro atoms. The van der Waals surface area contributed by atoms with Gasteiger partial charge in [-0.1, -0.05) is 58.4 Å². The molecular weight excluding hydrogens is 362 g/mol. The Bertz CT molecular complexity index is 916. The second-order valence-electron chi connectivity index (χ2n) is 5.81. The van der Waals surface area contributed by atoms with Crippen molar-refractivity contribution in [3.8, 4) is 6.07 Å². The molecule has 116 valence electrons. The summed E-state index contributed by atoms with van der Waals surface area (Å²) >= 11 is 3.48. The molecule has 4 rings (SSSR count). The molecule has 4 heteroatoms. The zero-order chi connectivity index (χ0) is 16.6. The van der Waals surface area contributed by atoms with Gasteiger partial charge in [-0.15, -0.1) is 0 Å². The van der Waals surface area contributed by atoms with E-state index in [0.717, 1.165) is 27.0 Å². The van der Waals surface area contributed by atoms with Gasteiger partial charge in [0.05, 0.1) is 23.5 Å². The fourth-order valence-electron chi connectivity index (χ4n) is 3.41. The van der Waals surface area contributed by atoms with E-state index in [9.17, 15) is 5.26 Å². The molecule has 1 aromatic heterocycles. The molecule has 2 heterocycles. The first-order chi connectivity index (χ1) is 11.8. The van der Waals surface area contributed by atoms with Gasteiger partial charge in [-0.25, -0.2) is 0 Å². The maximum Gasteiger partial charge on any atom is 0.150 e. The number of halogens is 1. The van der Waals surface area contributed by atoms with Crippen molar-refractivity contribution in [2.75, 3.05) is 5.32 Å². The van der Waals surface area contributed by atoms with Gasteiger partial charge in [0.2, 0.25) is 0 Å². The first-order valence-electron chi connectivity index (χ1n) is 7.70. The van der Waals surface area contributed by atoms with Crippen LogP contribution in [0.2, 0.25) is 0 Å². The van der Waals surface area contributed by atoms with Gasteiger partial charge >= 0.3 is 0 Å². The number of aromatic nitrogens is 1. The van der Waals surface area contributed by atoms with Gasteiger partial charge in [0.25, 0.3) is 0 Å². The van der Waals surface area contributed by atoms with Gasteiger partial charge in [0, 0.05) is 10.7 Å². The highest BCUT2D eigenvalue weighted by atomic mass is 79.9. The van der Waals surface area contributed by atoms with Crippen molar-refractivity contribution in [2.24, 2.45) is 0 Å². The quantitative estimate of drug-likeness (QED) is 0.698. The maximum absolute atomic E-state index is 10.3. The van der Waals surface area contributed by atoms with Crippen molar-refractivity contribution in [2.45, 2.75) is 11.5 Å². The Hall–Kier alpha value is -2.64. The molecule has 1 aliphatic heterocycles. The Morgan fingerprint density at radius 1 is 1.00 bits per heavy atom. The lowest BCUT2D eigenvalue weighted by Crippen LogP contribution is -2.32. The number of nitrogens with one attached hydrogen (secondary N) is 1. The number of hydrogen-bond acceptors (Lipinski definition) is 3. The van der Waals surface area contributed by atoms with Gasteiger partial charge in [-0.05, 0) is 35.4 Å². The van der Waals surface area contributed by atoms with Gasteiger partial charge in [-0.2, -0.15) is 5.26 Å². The van der Waals surface area contributed by atoms with Crippen molar-refractivity contribution in [1.29, 1.82) is 5.26 Å².